The Balaban J connectivity index is 1.81. The lowest BCUT2D eigenvalue weighted by Crippen LogP contribution is -2.20. The molecule has 0 amide bonds. The van der Waals surface area contributed by atoms with Gasteiger partial charge in [0.2, 0.25) is 0 Å². The molecule has 0 aliphatic rings. The minimum absolute atomic E-state index is 0.256. The van der Waals surface area contributed by atoms with Crippen molar-refractivity contribution >= 4 is 11.3 Å². The zero-order valence-corrected chi connectivity index (χ0v) is 12.0. The van der Waals surface area contributed by atoms with Crippen LogP contribution in [0.4, 0.5) is 0 Å². The molecule has 0 saturated carbocycles. The highest BCUT2D eigenvalue weighted by molar-refractivity contribution is 7.11. The maximum atomic E-state index is 5.36. The van der Waals surface area contributed by atoms with Crippen molar-refractivity contribution in [3.63, 3.8) is 0 Å². The van der Waals surface area contributed by atoms with Crippen molar-refractivity contribution in [1.82, 2.24) is 10.3 Å². The summed E-state index contributed by atoms with van der Waals surface area (Å²) < 4.78 is 5.36. The second-order valence-electron chi connectivity index (χ2n) is 4.41. The highest BCUT2D eigenvalue weighted by Crippen LogP contribution is 2.18. The predicted octanol–water partition coefficient (Wildman–Crippen LogP) is 3.50. The van der Waals surface area contributed by atoms with Crippen LogP contribution in [0.2, 0.25) is 0 Å². The van der Waals surface area contributed by atoms with E-state index in [1.54, 1.807) is 6.26 Å². The number of rotatable bonds is 6. The van der Waals surface area contributed by atoms with Crippen LogP contribution in [-0.2, 0) is 12.8 Å². The third kappa shape index (κ3) is 3.21. The van der Waals surface area contributed by atoms with Crippen LogP contribution >= 0.6 is 11.3 Å². The number of aryl methyl sites for hydroxylation is 2. The molecule has 2 aromatic heterocycles. The lowest BCUT2D eigenvalue weighted by atomic mass is 10.2. The molecule has 2 aromatic rings. The van der Waals surface area contributed by atoms with Crippen molar-refractivity contribution in [3.8, 4) is 0 Å². The van der Waals surface area contributed by atoms with Gasteiger partial charge >= 0.3 is 0 Å². The van der Waals surface area contributed by atoms with Gasteiger partial charge in [-0.2, -0.15) is 0 Å². The molecule has 1 N–H and O–H groups in total. The first-order valence-electron chi connectivity index (χ1n) is 6.42. The van der Waals surface area contributed by atoms with E-state index in [2.05, 4.69) is 31.1 Å². The maximum absolute atomic E-state index is 5.36. The molecule has 1 atom stereocenters. The number of nitrogens with zero attached hydrogens (tertiary/aromatic N) is 1. The van der Waals surface area contributed by atoms with Crippen molar-refractivity contribution in [2.24, 2.45) is 0 Å². The standard InChI is InChI=1S/C14H20N2OS/c1-4-12-11(3)18-14(16-12)7-8-15-10(2)13-6-5-9-17-13/h5-6,9-10,15H,4,7-8H2,1-3H3/t10-/m0/s1. The van der Waals surface area contributed by atoms with Crippen LogP contribution in [0.25, 0.3) is 0 Å². The fourth-order valence-corrected chi connectivity index (χ4v) is 2.98. The monoisotopic (exact) mass is 264 g/mol. The molecule has 0 radical (unpaired) electrons. The summed E-state index contributed by atoms with van der Waals surface area (Å²) in [4.78, 5) is 6.00. The predicted molar refractivity (Wildman–Crippen MR) is 75.1 cm³/mol. The molecule has 0 unspecified atom stereocenters. The summed E-state index contributed by atoms with van der Waals surface area (Å²) in [6.45, 7) is 7.35. The Bertz CT molecular complexity index is 476. The first-order valence-corrected chi connectivity index (χ1v) is 7.24. The third-order valence-electron chi connectivity index (χ3n) is 3.03. The van der Waals surface area contributed by atoms with E-state index in [1.165, 1.54) is 15.6 Å². The molecule has 2 rings (SSSR count). The second-order valence-corrected chi connectivity index (χ2v) is 5.69. The summed E-state index contributed by atoms with van der Waals surface area (Å²) in [6, 6.07) is 4.18. The number of nitrogens with one attached hydrogen (secondary N) is 1. The number of thiazole rings is 1. The van der Waals surface area contributed by atoms with Gasteiger partial charge in [0.05, 0.1) is 23.0 Å². The van der Waals surface area contributed by atoms with Gasteiger partial charge in [0.15, 0.2) is 0 Å². The van der Waals surface area contributed by atoms with Gasteiger partial charge in [0.25, 0.3) is 0 Å². The Labute approximate surface area is 112 Å². The topological polar surface area (TPSA) is 38.1 Å². The molecule has 0 aromatic carbocycles. The summed E-state index contributed by atoms with van der Waals surface area (Å²) in [5.41, 5.74) is 1.24. The first-order chi connectivity index (χ1) is 8.70. The zero-order chi connectivity index (χ0) is 13.0. The Morgan fingerprint density at radius 1 is 1.50 bits per heavy atom. The van der Waals surface area contributed by atoms with Crippen molar-refractivity contribution < 1.29 is 4.42 Å². The minimum Gasteiger partial charge on any atom is -0.468 e. The highest BCUT2D eigenvalue weighted by atomic mass is 32.1. The van der Waals surface area contributed by atoms with Crippen molar-refractivity contribution in [1.29, 1.82) is 0 Å². The summed E-state index contributed by atoms with van der Waals surface area (Å²) in [7, 11) is 0. The Morgan fingerprint density at radius 2 is 2.33 bits per heavy atom. The van der Waals surface area contributed by atoms with E-state index in [0.29, 0.717) is 0 Å². The fraction of sp³-hybridized carbons (Fsp3) is 0.500. The largest absolute Gasteiger partial charge is 0.468 e. The van der Waals surface area contributed by atoms with E-state index >= 15 is 0 Å². The average Bonchev–Trinajstić information content (AvgIpc) is 2.98. The molecule has 2 heterocycles. The van der Waals surface area contributed by atoms with Gasteiger partial charge < -0.3 is 9.73 Å². The molecule has 0 spiro atoms. The molecule has 98 valence electrons. The Kier molecular flexibility index (Phi) is 4.55. The van der Waals surface area contributed by atoms with Gasteiger partial charge in [0.1, 0.15) is 5.76 Å². The quantitative estimate of drug-likeness (QED) is 0.867. The van der Waals surface area contributed by atoms with Gasteiger partial charge in [-0.3, -0.25) is 0 Å². The van der Waals surface area contributed by atoms with Crippen LogP contribution in [0.3, 0.4) is 0 Å². The molecule has 4 heteroatoms. The molecule has 3 nitrogen and oxygen atoms in total. The van der Waals surface area contributed by atoms with Gasteiger partial charge in [-0.15, -0.1) is 11.3 Å². The van der Waals surface area contributed by atoms with Gasteiger partial charge in [-0.1, -0.05) is 6.92 Å². The van der Waals surface area contributed by atoms with Crippen LogP contribution in [0.1, 0.15) is 41.2 Å². The Morgan fingerprint density at radius 3 is 2.94 bits per heavy atom. The molecule has 18 heavy (non-hydrogen) atoms. The normalized spacial score (nSPS) is 12.8. The second kappa shape index (κ2) is 6.16. The van der Waals surface area contributed by atoms with Crippen LogP contribution in [-0.4, -0.2) is 11.5 Å². The molecule has 0 aliphatic carbocycles. The number of furan rings is 1. The Hall–Kier alpha value is -1.13. The number of hydrogen-bond donors (Lipinski definition) is 1. The smallest absolute Gasteiger partial charge is 0.120 e. The van der Waals surface area contributed by atoms with Gasteiger partial charge in [-0.05, 0) is 32.4 Å². The van der Waals surface area contributed by atoms with Crippen molar-refractivity contribution in [2.45, 2.75) is 39.7 Å². The molecule has 0 aliphatic heterocycles. The first kappa shape index (κ1) is 13.3. The van der Waals surface area contributed by atoms with Crippen molar-refractivity contribution in [2.75, 3.05) is 6.54 Å². The summed E-state index contributed by atoms with van der Waals surface area (Å²) in [5, 5.41) is 4.68. The van der Waals surface area contributed by atoms with E-state index in [0.717, 1.165) is 25.1 Å². The average molecular weight is 264 g/mol. The van der Waals surface area contributed by atoms with Gasteiger partial charge in [-0.25, -0.2) is 4.98 Å². The summed E-state index contributed by atoms with van der Waals surface area (Å²) in [5.74, 6) is 0.986. The molecule has 0 bridgehead atoms. The molecule has 0 saturated heterocycles. The fourth-order valence-electron chi connectivity index (χ4n) is 1.96. The maximum Gasteiger partial charge on any atom is 0.120 e. The molecule has 0 fully saturated rings. The zero-order valence-electron chi connectivity index (χ0n) is 11.2. The van der Waals surface area contributed by atoms with E-state index in [1.807, 2.05) is 23.5 Å². The van der Waals surface area contributed by atoms with E-state index in [-0.39, 0.29) is 6.04 Å². The van der Waals surface area contributed by atoms with E-state index in [9.17, 15) is 0 Å². The van der Waals surface area contributed by atoms with Crippen molar-refractivity contribution in [3.05, 3.63) is 39.7 Å². The van der Waals surface area contributed by atoms with Crippen LogP contribution < -0.4 is 5.32 Å². The SMILES string of the molecule is CCc1nc(CCN[C@@H](C)c2ccco2)sc1C. The van der Waals surface area contributed by atoms with Crippen LogP contribution in [0, 0.1) is 6.92 Å². The summed E-state index contributed by atoms with van der Waals surface area (Å²) >= 11 is 1.81. The number of hydrogen-bond acceptors (Lipinski definition) is 4. The van der Waals surface area contributed by atoms with Crippen LogP contribution in [0.5, 0.6) is 0 Å². The molecular weight excluding hydrogens is 244 g/mol. The van der Waals surface area contributed by atoms with Gasteiger partial charge in [0, 0.05) is 17.8 Å². The van der Waals surface area contributed by atoms with E-state index in [4.69, 9.17) is 4.42 Å². The van der Waals surface area contributed by atoms with Crippen LogP contribution in [0.15, 0.2) is 22.8 Å². The highest BCUT2D eigenvalue weighted by Gasteiger charge is 2.09. The lowest BCUT2D eigenvalue weighted by Gasteiger charge is -2.09. The molecular formula is C14H20N2OS. The van der Waals surface area contributed by atoms with E-state index < -0.39 is 0 Å². The summed E-state index contributed by atoms with van der Waals surface area (Å²) in [6.07, 6.45) is 3.72. The third-order valence-corrected chi connectivity index (χ3v) is 4.10. The lowest BCUT2D eigenvalue weighted by molar-refractivity contribution is 0.432. The number of aromatic nitrogens is 1. The minimum atomic E-state index is 0.256.